The van der Waals surface area contributed by atoms with Gasteiger partial charge in [-0.3, -0.25) is 4.98 Å². The molecule has 1 unspecified atom stereocenters. The molecule has 0 amide bonds. The summed E-state index contributed by atoms with van der Waals surface area (Å²) >= 11 is 12.9. The van der Waals surface area contributed by atoms with Crippen LogP contribution in [-0.4, -0.2) is 39.1 Å². The summed E-state index contributed by atoms with van der Waals surface area (Å²) in [4.78, 5) is 4.09. The molecule has 1 N–H and O–H groups in total. The third-order valence-corrected chi connectivity index (χ3v) is 10.6. The highest BCUT2D eigenvalue weighted by Crippen LogP contribution is 2.36. The monoisotopic (exact) mass is 404 g/mol. The standard InChI is InChI=1S/C18H30Cl2N2O2Si/c1-4-25(5-2,6-3)24-17(13-22-14-7-9-23-10-8-14)18-15(19)11-21-12-16(18)20/h11-12,14,17,22H,4-10,13H2,1-3H3. The SMILES string of the molecule is CC[Si](CC)(CC)OC(CNC1CCOCC1)c1c(Cl)cncc1Cl. The largest absolute Gasteiger partial charge is 0.409 e. The molecule has 25 heavy (non-hydrogen) atoms. The third-order valence-electron chi connectivity index (χ3n) is 5.35. The van der Waals surface area contributed by atoms with Gasteiger partial charge < -0.3 is 14.5 Å². The van der Waals surface area contributed by atoms with E-state index in [-0.39, 0.29) is 6.10 Å². The number of nitrogens with zero attached hydrogens (tertiary/aromatic N) is 1. The zero-order valence-corrected chi connectivity index (χ0v) is 18.0. The molecule has 1 atom stereocenters. The predicted octanol–water partition coefficient (Wildman–Crippen LogP) is 5.22. The van der Waals surface area contributed by atoms with E-state index in [1.165, 1.54) is 0 Å². The molecule has 1 aromatic rings. The number of pyridine rings is 1. The summed E-state index contributed by atoms with van der Waals surface area (Å²) in [6.45, 7) is 9.05. The summed E-state index contributed by atoms with van der Waals surface area (Å²) in [7, 11) is -1.80. The second kappa shape index (κ2) is 10.2. The summed E-state index contributed by atoms with van der Waals surface area (Å²) in [6, 6.07) is 3.73. The maximum absolute atomic E-state index is 6.77. The molecular formula is C18H30Cl2N2O2Si. The van der Waals surface area contributed by atoms with Crippen molar-refractivity contribution in [2.24, 2.45) is 0 Å². The van der Waals surface area contributed by atoms with Gasteiger partial charge in [-0.25, -0.2) is 0 Å². The Morgan fingerprint density at radius 1 is 1.16 bits per heavy atom. The number of halogens is 2. The Morgan fingerprint density at radius 3 is 2.24 bits per heavy atom. The lowest BCUT2D eigenvalue weighted by molar-refractivity contribution is 0.0733. The fourth-order valence-electron chi connectivity index (χ4n) is 3.41. The molecule has 0 saturated carbocycles. The molecular weight excluding hydrogens is 375 g/mol. The molecule has 2 rings (SSSR count). The molecule has 1 aliphatic heterocycles. The first-order valence-corrected chi connectivity index (χ1v) is 12.6. The summed E-state index contributed by atoms with van der Waals surface area (Å²) in [5.74, 6) is 0. The van der Waals surface area contributed by atoms with E-state index in [4.69, 9.17) is 32.4 Å². The van der Waals surface area contributed by atoms with Crippen LogP contribution in [0.25, 0.3) is 0 Å². The Bertz CT molecular complexity index is 509. The molecule has 2 heterocycles. The molecule has 1 aliphatic rings. The second-order valence-electron chi connectivity index (χ2n) is 6.66. The highest BCUT2D eigenvalue weighted by Gasteiger charge is 2.34. The molecule has 0 spiro atoms. The van der Waals surface area contributed by atoms with Crippen molar-refractivity contribution in [2.75, 3.05) is 19.8 Å². The summed E-state index contributed by atoms with van der Waals surface area (Å²) in [5, 5.41) is 4.81. The van der Waals surface area contributed by atoms with Crippen LogP contribution in [0.1, 0.15) is 45.3 Å². The van der Waals surface area contributed by atoms with E-state index in [0.717, 1.165) is 49.8 Å². The van der Waals surface area contributed by atoms with Crippen LogP contribution in [-0.2, 0) is 9.16 Å². The first kappa shape index (κ1) is 21.1. The Kier molecular flexibility index (Phi) is 8.65. The van der Waals surface area contributed by atoms with Crippen LogP contribution in [0.4, 0.5) is 0 Å². The van der Waals surface area contributed by atoms with Crippen LogP contribution >= 0.6 is 23.2 Å². The van der Waals surface area contributed by atoms with E-state index in [2.05, 4.69) is 31.1 Å². The Hall–Kier alpha value is -0.173. The van der Waals surface area contributed by atoms with Gasteiger partial charge in [0, 0.05) is 43.8 Å². The predicted molar refractivity (Wildman–Crippen MR) is 107 cm³/mol. The van der Waals surface area contributed by atoms with Crippen LogP contribution in [0.3, 0.4) is 0 Å². The maximum atomic E-state index is 6.77. The van der Waals surface area contributed by atoms with Gasteiger partial charge in [0.1, 0.15) is 0 Å². The Labute approximate surface area is 162 Å². The first-order valence-electron chi connectivity index (χ1n) is 9.33. The Balaban J connectivity index is 2.21. The van der Waals surface area contributed by atoms with Crippen LogP contribution in [0, 0.1) is 0 Å². The van der Waals surface area contributed by atoms with Crippen molar-refractivity contribution < 1.29 is 9.16 Å². The highest BCUT2D eigenvalue weighted by atomic mass is 35.5. The van der Waals surface area contributed by atoms with E-state index in [0.29, 0.717) is 22.6 Å². The molecule has 1 aromatic heterocycles. The lowest BCUT2D eigenvalue weighted by Gasteiger charge is -2.35. The molecule has 142 valence electrons. The molecule has 0 aromatic carbocycles. The second-order valence-corrected chi connectivity index (χ2v) is 12.2. The van der Waals surface area contributed by atoms with E-state index in [1.807, 2.05) is 0 Å². The molecule has 0 aliphatic carbocycles. The van der Waals surface area contributed by atoms with Gasteiger partial charge in [-0.2, -0.15) is 0 Å². The van der Waals surface area contributed by atoms with Crippen molar-refractivity contribution in [2.45, 2.75) is 63.9 Å². The van der Waals surface area contributed by atoms with Gasteiger partial charge in [0.25, 0.3) is 0 Å². The van der Waals surface area contributed by atoms with Crippen molar-refractivity contribution >= 4 is 31.5 Å². The van der Waals surface area contributed by atoms with Crippen molar-refractivity contribution in [3.05, 3.63) is 28.0 Å². The zero-order chi connectivity index (χ0) is 18.3. The fraction of sp³-hybridized carbons (Fsp3) is 0.722. The third kappa shape index (κ3) is 5.65. The zero-order valence-electron chi connectivity index (χ0n) is 15.5. The quantitative estimate of drug-likeness (QED) is 0.572. The van der Waals surface area contributed by atoms with Crippen LogP contribution in [0.5, 0.6) is 0 Å². The molecule has 4 nitrogen and oxygen atoms in total. The van der Waals surface area contributed by atoms with Crippen molar-refractivity contribution in [1.82, 2.24) is 10.3 Å². The van der Waals surface area contributed by atoms with Crippen molar-refractivity contribution in [3.63, 3.8) is 0 Å². The molecule has 7 heteroatoms. The Morgan fingerprint density at radius 2 is 1.72 bits per heavy atom. The highest BCUT2D eigenvalue weighted by molar-refractivity contribution is 6.73. The number of rotatable bonds is 9. The number of ether oxygens (including phenoxy) is 1. The van der Waals surface area contributed by atoms with Crippen LogP contribution in [0.2, 0.25) is 28.2 Å². The molecule has 1 fully saturated rings. The van der Waals surface area contributed by atoms with Gasteiger partial charge in [-0.15, -0.1) is 0 Å². The minimum absolute atomic E-state index is 0.141. The normalized spacial score (nSPS) is 17.6. The van der Waals surface area contributed by atoms with E-state index < -0.39 is 8.32 Å². The van der Waals surface area contributed by atoms with E-state index >= 15 is 0 Å². The van der Waals surface area contributed by atoms with Gasteiger partial charge in [-0.05, 0) is 31.0 Å². The maximum Gasteiger partial charge on any atom is 0.192 e. The summed E-state index contributed by atoms with van der Waals surface area (Å²) in [6.07, 6.45) is 5.23. The number of nitrogens with one attached hydrogen (secondary N) is 1. The van der Waals surface area contributed by atoms with Gasteiger partial charge in [-0.1, -0.05) is 44.0 Å². The van der Waals surface area contributed by atoms with Crippen LogP contribution in [0.15, 0.2) is 12.4 Å². The smallest absolute Gasteiger partial charge is 0.192 e. The lowest BCUT2D eigenvalue weighted by Crippen LogP contribution is -2.43. The number of aromatic nitrogens is 1. The first-order chi connectivity index (χ1) is 12.0. The minimum atomic E-state index is -1.80. The molecule has 1 saturated heterocycles. The van der Waals surface area contributed by atoms with Gasteiger partial charge in [0.05, 0.1) is 16.1 Å². The fourth-order valence-corrected chi connectivity index (χ4v) is 6.82. The van der Waals surface area contributed by atoms with Crippen molar-refractivity contribution in [1.29, 1.82) is 0 Å². The topological polar surface area (TPSA) is 43.4 Å². The average molecular weight is 405 g/mol. The van der Waals surface area contributed by atoms with Gasteiger partial charge >= 0.3 is 0 Å². The minimum Gasteiger partial charge on any atom is -0.409 e. The summed E-state index contributed by atoms with van der Waals surface area (Å²) < 4.78 is 12.2. The molecule has 0 bridgehead atoms. The lowest BCUT2D eigenvalue weighted by atomic mass is 10.1. The summed E-state index contributed by atoms with van der Waals surface area (Å²) in [5.41, 5.74) is 0.866. The van der Waals surface area contributed by atoms with E-state index in [9.17, 15) is 0 Å². The average Bonchev–Trinajstić information content (AvgIpc) is 2.64. The van der Waals surface area contributed by atoms with E-state index in [1.54, 1.807) is 12.4 Å². The number of hydrogen-bond acceptors (Lipinski definition) is 4. The van der Waals surface area contributed by atoms with Gasteiger partial charge in [0.2, 0.25) is 0 Å². The molecule has 0 radical (unpaired) electrons. The van der Waals surface area contributed by atoms with Crippen molar-refractivity contribution in [3.8, 4) is 0 Å². The van der Waals surface area contributed by atoms with Gasteiger partial charge in [0.15, 0.2) is 8.32 Å². The van der Waals surface area contributed by atoms with Crippen LogP contribution < -0.4 is 5.32 Å². The number of hydrogen-bond donors (Lipinski definition) is 1.